The van der Waals surface area contributed by atoms with Crippen molar-refractivity contribution in [1.82, 2.24) is 19.5 Å². The maximum absolute atomic E-state index is 5.18. The van der Waals surface area contributed by atoms with Gasteiger partial charge < -0.3 is 4.57 Å². The minimum absolute atomic E-state index is 0.0534. The van der Waals surface area contributed by atoms with Crippen LogP contribution in [-0.4, -0.2) is 19.5 Å². The molecule has 0 saturated heterocycles. The maximum Gasteiger partial charge on any atom is 0.0900 e. The van der Waals surface area contributed by atoms with Gasteiger partial charge in [-0.15, -0.1) is 0 Å². The molecule has 31 aromatic rings. The topological polar surface area (TPSA) is 43.6 Å². The molecule has 0 radical (unpaired) electrons. The van der Waals surface area contributed by atoms with E-state index in [4.69, 9.17) is 15.0 Å². The molecule has 27 aromatic carbocycles. The first kappa shape index (κ1) is 34.6. The largest absolute Gasteiger partial charge is 0.335 e. The molecular formula is C83H18N4. The van der Waals surface area contributed by atoms with Gasteiger partial charge in [-0.1, -0.05) is 36.4 Å². The third-order valence-electron chi connectivity index (χ3n) is 28.6. The van der Waals surface area contributed by atoms with Crippen LogP contribution in [0.4, 0.5) is 0 Å². The van der Waals surface area contributed by atoms with Gasteiger partial charge in [0.15, 0.2) is 0 Å². The van der Waals surface area contributed by atoms with E-state index in [0.29, 0.717) is 0 Å². The van der Waals surface area contributed by atoms with Crippen molar-refractivity contribution in [3.63, 3.8) is 0 Å². The van der Waals surface area contributed by atoms with Gasteiger partial charge in [0.2, 0.25) is 0 Å². The average molecular weight is 1070 g/mol. The molecule has 2 unspecified atom stereocenters. The smallest absolute Gasteiger partial charge is 0.0900 e. The van der Waals surface area contributed by atoms with Crippen molar-refractivity contribution < 1.29 is 0 Å². The summed E-state index contributed by atoms with van der Waals surface area (Å²) in [6.45, 7) is 0.792. The van der Waals surface area contributed by atoms with E-state index in [1.807, 2.05) is 24.5 Å². The van der Waals surface area contributed by atoms with Gasteiger partial charge in [0.1, 0.15) is 0 Å². The standard InChI is InChI=1S/C83H18N4/c1-3-11-84-20(5-1)22-13-19(14-23(86-22)21-6-2-4-12-85-21)18-9-7-17(8-10-18)15-87-80-72-59-45-34-28-26-24-25-27-31-36-30(25)37-32(26)42-43-33(28)40-46(45)61(72)62-58-50(40)54(43)65-64-53(42)47(37)55-48(36)56-49-38(31)41-44-35(27)39(29(24)34)52(59)60(44)73(80)63-51(41)57(49)68-71-75(63)81(87)74(62)70-69(58)78(65)82-16-83(82,79(70)71)77(68)67(56)66(55)76(64)82/h1-14H,15-16H2. The van der Waals surface area contributed by atoms with E-state index < -0.39 is 0 Å². The maximum atomic E-state index is 5.18. The van der Waals surface area contributed by atoms with Gasteiger partial charge in [0.25, 0.3) is 0 Å². The van der Waals surface area contributed by atoms with Crippen molar-refractivity contribution in [2.24, 2.45) is 0 Å². The minimum atomic E-state index is -0.0744. The van der Waals surface area contributed by atoms with E-state index in [1.54, 1.807) is 302 Å². The van der Waals surface area contributed by atoms with Crippen molar-refractivity contribution in [1.29, 1.82) is 0 Å². The first-order valence-electron chi connectivity index (χ1n) is 31.8. The quantitative estimate of drug-likeness (QED) is 0.127. The van der Waals surface area contributed by atoms with Crippen LogP contribution in [-0.2, 0) is 17.4 Å². The van der Waals surface area contributed by atoms with Crippen molar-refractivity contribution in [3.8, 4) is 33.9 Å². The average Bonchev–Trinajstić information content (AvgIpc) is 1.38. The number of rotatable bonds is 5. The summed E-state index contributed by atoms with van der Waals surface area (Å²) in [5.41, 5.74) is 17.1. The van der Waals surface area contributed by atoms with E-state index in [0.717, 1.165) is 34.9 Å². The lowest BCUT2D eigenvalue weighted by Crippen LogP contribution is -2.27. The third kappa shape index (κ3) is 2.22. The summed E-state index contributed by atoms with van der Waals surface area (Å²) in [4.78, 5) is 14.8. The molecule has 4 heteroatoms. The van der Waals surface area contributed by atoms with Crippen LogP contribution in [0.3, 0.4) is 0 Å². The fourth-order valence-corrected chi connectivity index (χ4v) is 27.5. The zero-order valence-corrected chi connectivity index (χ0v) is 44.8. The first-order valence-corrected chi connectivity index (χ1v) is 31.8. The van der Waals surface area contributed by atoms with Crippen LogP contribution < -0.4 is 0 Å². The Hall–Kier alpha value is -11.1. The SMILES string of the molecule is c1ccc(-c2cc(-c3ccc(Cn4c5c6c7c8c9c%10c%11c%12c%13c%14c%15c%16c(c7c7c%17c%16c%16c%18c%15c%15c%13c%13c%12c%12c%10c%10c%19c%12c%12c%13c%13c%15c%18c%15c%18c%16c%17c%16c%17c%18c%18c%15c%13c%12c%12c%18c%13c%17c(c%16c76)c4c(c%13c%19%12)c%10c95)C%144CC%1184)cc3)cc(-c3ccccn3)n2)nc1. The van der Waals surface area contributed by atoms with Crippen molar-refractivity contribution in [3.05, 3.63) is 113 Å². The number of pyridine rings is 4. The second kappa shape index (κ2) is 8.62. The Morgan fingerprint density at radius 3 is 0.828 bits per heavy atom. The monoisotopic (exact) mass is 1070 g/mol. The van der Waals surface area contributed by atoms with E-state index in [1.165, 1.54) is 28.6 Å². The molecule has 5 aliphatic rings. The highest BCUT2D eigenvalue weighted by atomic mass is 15.0. The molecule has 370 valence electrons. The van der Waals surface area contributed by atoms with Gasteiger partial charge in [-0.25, -0.2) is 4.98 Å². The molecule has 4 heterocycles. The summed E-state index contributed by atoms with van der Waals surface area (Å²) in [6.07, 6.45) is 4.96. The predicted octanol–water partition coefficient (Wildman–Crippen LogP) is 21.3. The minimum Gasteiger partial charge on any atom is -0.335 e. The van der Waals surface area contributed by atoms with Crippen molar-refractivity contribution in [2.45, 2.75) is 23.8 Å². The highest BCUT2D eigenvalue weighted by Gasteiger charge is 2.80. The summed E-state index contributed by atoms with van der Waals surface area (Å²) >= 11 is 0. The second-order valence-electron chi connectivity index (χ2n) is 30.0. The lowest BCUT2D eigenvalue weighted by atomic mass is 9.68. The summed E-state index contributed by atoms with van der Waals surface area (Å²) < 4.78 is 3.02. The first-order chi connectivity index (χ1) is 43.3. The van der Waals surface area contributed by atoms with Crippen LogP contribution in [0.5, 0.6) is 0 Å². The van der Waals surface area contributed by atoms with E-state index >= 15 is 0 Å². The normalized spacial score (nSPS) is 20.0. The van der Waals surface area contributed by atoms with Crippen LogP contribution in [0.2, 0.25) is 0 Å². The van der Waals surface area contributed by atoms with E-state index in [2.05, 4.69) is 65.2 Å². The Bertz CT molecular complexity index is 8860. The second-order valence-corrected chi connectivity index (χ2v) is 30.0. The van der Waals surface area contributed by atoms with Crippen LogP contribution in [0.1, 0.15) is 34.2 Å². The molecule has 1 fully saturated rings. The molecule has 4 nitrogen and oxygen atoms in total. The summed E-state index contributed by atoms with van der Waals surface area (Å²) in [5.74, 6) is 0. The lowest BCUT2D eigenvalue weighted by molar-refractivity contribution is 0.731. The van der Waals surface area contributed by atoms with Crippen LogP contribution in [0, 0.1) is 0 Å². The van der Waals surface area contributed by atoms with Crippen LogP contribution in [0.15, 0.2) is 85.2 Å². The van der Waals surface area contributed by atoms with Crippen LogP contribution in [0.25, 0.3) is 325 Å². The number of hydrogen-bond donors (Lipinski definition) is 0. The molecule has 2 atom stereocenters. The number of benzene rings is 18. The van der Waals surface area contributed by atoms with Crippen molar-refractivity contribution >= 4 is 291 Å². The molecular weight excluding hydrogens is 1050 g/mol. The van der Waals surface area contributed by atoms with E-state index in [-0.39, 0.29) is 10.8 Å². The molecule has 36 rings (SSSR count). The molecule has 2 spiro atoms. The molecule has 87 heavy (non-hydrogen) atoms. The van der Waals surface area contributed by atoms with Crippen molar-refractivity contribution in [2.75, 3.05) is 0 Å². The van der Waals surface area contributed by atoms with Gasteiger partial charge in [-0.3, -0.25) is 9.97 Å². The molecule has 4 aromatic heterocycles. The lowest BCUT2D eigenvalue weighted by Gasteiger charge is -2.33. The number of hydrogen-bond acceptors (Lipinski definition) is 3. The Kier molecular flexibility index (Phi) is 3.43. The highest BCUT2D eigenvalue weighted by Crippen LogP contribution is 2.90. The van der Waals surface area contributed by atoms with Gasteiger partial charge in [0.05, 0.1) is 33.8 Å². The zero-order chi connectivity index (χ0) is 52.5. The number of aromatic nitrogens is 4. The molecule has 0 amide bonds. The fraction of sp³-hybridized carbons (Fsp3) is 0.0482. The van der Waals surface area contributed by atoms with Gasteiger partial charge >= 0.3 is 0 Å². The van der Waals surface area contributed by atoms with E-state index in [9.17, 15) is 0 Å². The molecule has 0 N–H and O–H groups in total. The molecule has 1 saturated carbocycles. The number of nitrogens with zero attached hydrogens (tertiary/aromatic N) is 4. The summed E-state index contributed by atoms with van der Waals surface area (Å²) in [6, 6.07) is 26.4. The fourth-order valence-electron chi connectivity index (χ4n) is 27.5. The summed E-state index contributed by atoms with van der Waals surface area (Å²) in [5, 5.41) is 85.8. The Morgan fingerprint density at radius 2 is 0.529 bits per heavy atom. The van der Waals surface area contributed by atoms with Gasteiger partial charge in [-0.2, -0.15) is 0 Å². The Balaban J connectivity index is 0.849. The molecule has 0 bridgehead atoms. The Labute approximate surface area is 478 Å². The zero-order valence-electron chi connectivity index (χ0n) is 44.8. The Morgan fingerprint density at radius 1 is 0.264 bits per heavy atom. The number of fused-ring (bicyclic) bond motifs is 5. The third-order valence-corrected chi connectivity index (χ3v) is 28.6. The molecule has 0 aliphatic heterocycles. The van der Waals surface area contributed by atoms with Gasteiger partial charge in [-0.05, 0) is 233 Å². The van der Waals surface area contributed by atoms with Gasteiger partial charge in [0, 0.05) is 159 Å². The van der Waals surface area contributed by atoms with Crippen LogP contribution >= 0.6 is 0 Å². The molecule has 5 aliphatic carbocycles. The highest BCUT2D eigenvalue weighted by molar-refractivity contribution is 6.81. The summed E-state index contributed by atoms with van der Waals surface area (Å²) in [7, 11) is 0. The predicted molar refractivity (Wildman–Crippen MR) is 361 cm³/mol.